The fourth-order valence-corrected chi connectivity index (χ4v) is 3.50. The summed E-state index contributed by atoms with van der Waals surface area (Å²) in [6.07, 6.45) is 4.84. The number of furan rings is 1. The summed E-state index contributed by atoms with van der Waals surface area (Å²) in [5, 5.41) is 4.13. The Balaban J connectivity index is 1.73. The van der Waals surface area contributed by atoms with Gasteiger partial charge in [-0.15, -0.1) is 0 Å². The van der Waals surface area contributed by atoms with Crippen molar-refractivity contribution in [2.75, 3.05) is 6.54 Å². The molecular weight excluding hydrogens is 333 g/mol. The molecule has 0 saturated heterocycles. The smallest absolute Gasteiger partial charge is 0.215 e. The van der Waals surface area contributed by atoms with Crippen LogP contribution >= 0.6 is 0 Å². The Kier molecular flexibility index (Phi) is 4.77. The average Bonchev–Trinajstić information content (AvgIpc) is 3.23. The summed E-state index contributed by atoms with van der Waals surface area (Å²) in [7, 11) is -3.71. The first kappa shape index (κ1) is 16.4. The van der Waals surface area contributed by atoms with Crippen LogP contribution in [0.2, 0.25) is 0 Å². The van der Waals surface area contributed by atoms with Crippen molar-refractivity contribution in [3.05, 3.63) is 78.3 Å². The number of nitrogens with one attached hydrogen (secondary N) is 1. The Morgan fingerprint density at radius 1 is 1.21 bits per heavy atom. The largest absolute Gasteiger partial charge is 0.467 e. The van der Waals surface area contributed by atoms with Gasteiger partial charge in [-0.25, -0.2) is 17.5 Å². The van der Waals surface area contributed by atoms with E-state index in [-0.39, 0.29) is 12.1 Å². The second-order valence-electron chi connectivity index (χ2n) is 5.22. The van der Waals surface area contributed by atoms with Gasteiger partial charge in [0.1, 0.15) is 17.6 Å². The summed E-state index contributed by atoms with van der Waals surface area (Å²) in [5.74, 6) is -0.395. The third-order valence-corrected chi connectivity index (χ3v) is 4.81. The quantitative estimate of drug-likeness (QED) is 0.710. The van der Waals surface area contributed by atoms with Crippen molar-refractivity contribution in [2.45, 2.75) is 11.8 Å². The zero-order chi connectivity index (χ0) is 17.0. The third kappa shape index (κ3) is 3.90. The molecule has 0 bridgehead atoms. The van der Waals surface area contributed by atoms with Crippen molar-refractivity contribution < 1.29 is 17.2 Å². The van der Waals surface area contributed by atoms with E-state index in [4.69, 9.17) is 4.42 Å². The molecule has 0 aliphatic carbocycles. The molecule has 0 saturated carbocycles. The Labute approximate surface area is 139 Å². The van der Waals surface area contributed by atoms with E-state index in [1.54, 1.807) is 41.3 Å². The number of rotatable bonds is 7. The fourth-order valence-electron chi connectivity index (χ4n) is 2.35. The van der Waals surface area contributed by atoms with Gasteiger partial charge < -0.3 is 4.42 Å². The molecule has 126 valence electrons. The maximum atomic E-state index is 13.6. The van der Waals surface area contributed by atoms with Crippen molar-refractivity contribution in [2.24, 2.45) is 0 Å². The number of aromatic nitrogens is 2. The maximum absolute atomic E-state index is 13.6. The molecular formula is C16H16FN3O3S. The number of nitrogens with zero attached hydrogens (tertiary/aromatic N) is 2. The van der Waals surface area contributed by atoms with Gasteiger partial charge in [0.05, 0.1) is 12.0 Å². The summed E-state index contributed by atoms with van der Waals surface area (Å²) in [6, 6.07) is 10.6. The van der Waals surface area contributed by atoms with Crippen molar-refractivity contribution in [3.8, 4) is 0 Å². The lowest BCUT2D eigenvalue weighted by molar-refractivity contribution is 0.402. The summed E-state index contributed by atoms with van der Waals surface area (Å²) in [6.45, 7) is 0.0476. The summed E-state index contributed by atoms with van der Waals surface area (Å²) < 4.78 is 47.6. The maximum Gasteiger partial charge on any atom is 0.215 e. The molecule has 0 spiro atoms. The zero-order valence-corrected chi connectivity index (χ0v) is 13.5. The molecule has 0 unspecified atom stereocenters. The molecule has 1 aromatic carbocycles. The number of sulfonamides is 1. The van der Waals surface area contributed by atoms with Crippen LogP contribution in [0.5, 0.6) is 0 Å². The molecule has 24 heavy (non-hydrogen) atoms. The Hall–Kier alpha value is -2.45. The van der Waals surface area contributed by atoms with Gasteiger partial charge in [0.15, 0.2) is 0 Å². The van der Waals surface area contributed by atoms with Crippen LogP contribution in [0.15, 0.2) is 65.5 Å². The second-order valence-corrected chi connectivity index (χ2v) is 7.02. The number of hydrogen-bond donors (Lipinski definition) is 1. The Morgan fingerprint density at radius 3 is 2.71 bits per heavy atom. The highest BCUT2D eigenvalue weighted by Gasteiger charge is 2.21. The van der Waals surface area contributed by atoms with Crippen LogP contribution in [-0.4, -0.2) is 24.7 Å². The van der Waals surface area contributed by atoms with Gasteiger partial charge in [-0.2, -0.15) is 5.10 Å². The van der Waals surface area contributed by atoms with E-state index >= 15 is 0 Å². The van der Waals surface area contributed by atoms with Gasteiger partial charge in [-0.1, -0.05) is 18.2 Å². The van der Waals surface area contributed by atoms with Gasteiger partial charge in [0.25, 0.3) is 0 Å². The lowest BCUT2D eigenvalue weighted by atomic mass is 10.2. The molecule has 0 amide bonds. The van der Waals surface area contributed by atoms with Gasteiger partial charge in [-0.05, 0) is 24.3 Å². The number of benzene rings is 1. The minimum atomic E-state index is -3.71. The minimum absolute atomic E-state index is 0.0476. The predicted molar refractivity (Wildman–Crippen MR) is 86.1 cm³/mol. The van der Waals surface area contributed by atoms with Crippen molar-refractivity contribution >= 4 is 10.0 Å². The summed E-state index contributed by atoms with van der Waals surface area (Å²) in [4.78, 5) is 0. The van der Waals surface area contributed by atoms with E-state index in [2.05, 4.69) is 9.82 Å². The molecule has 0 aliphatic rings. The molecule has 2 aromatic heterocycles. The number of hydrogen-bond acceptors (Lipinski definition) is 4. The molecule has 3 aromatic rings. The molecule has 0 fully saturated rings. The van der Waals surface area contributed by atoms with Gasteiger partial charge >= 0.3 is 0 Å². The second kappa shape index (κ2) is 6.98. The van der Waals surface area contributed by atoms with Crippen LogP contribution in [0.25, 0.3) is 0 Å². The fraction of sp³-hybridized carbons (Fsp3) is 0.188. The van der Waals surface area contributed by atoms with Crippen molar-refractivity contribution in [3.63, 3.8) is 0 Å². The monoisotopic (exact) mass is 349 g/mol. The van der Waals surface area contributed by atoms with E-state index in [9.17, 15) is 12.8 Å². The normalized spacial score (nSPS) is 13.0. The standard InChI is InChI=1S/C16H16FN3O3S/c17-14-6-2-1-5-13(14)12-24(21,22)19-11-15(16-7-3-10-23-16)20-9-4-8-18-20/h1-10,15,19H,11-12H2/t15-/m1/s1. The molecule has 8 heteroatoms. The van der Waals surface area contributed by atoms with Gasteiger partial charge in [-0.3, -0.25) is 4.68 Å². The van der Waals surface area contributed by atoms with Crippen LogP contribution in [-0.2, 0) is 15.8 Å². The average molecular weight is 349 g/mol. The molecule has 1 atom stereocenters. The lowest BCUT2D eigenvalue weighted by Crippen LogP contribution is -2.32. The minimum Gasteiger partial charge on any atom is -0.467 e. The molecule has 0 radical (unpaired) electrons. The highest BCUT2D eigenvalue weighted by atomic mass is 32.2. The topological polar surface area (TPSA) is 77.1 Å². The molecule has 1 N–H and O–H groups in total. The van der Waals surface area contributed by atoms with Crippen molar-refractivity contribution in [1.29, 1.82) is 0 Å². The molecule has 6 nitrogen and oxygen atoms in total. The SMILES string of the molecule is O=S(=O)(Cc1ccccc1F)NC[C@H](c1ccco1)n1cccn1. The summed E-state index contributed by atoms with van der Waals surface area (Å²) >= 11 is 0. The van der Waals surface area contributed by atoms with E-state index in [0.29, 0.717) is 5.76 Å². The number of halogens is 1. The molecule has 3 rings (SSSR count). The van der Waals surface area contributed by atoms with E-state index in [0.717, 1.165) is 0 Å². The summed E-state index contributed by atoms with van der Waals surface area (Å²) in [5.41, 5.74) is 0.124. The first-order valence-corrected chi connectivity index (χ1v) is 8.94. The Morgan fingerprint density at radius 2 is 2.04 bits per heavy atom. The highest BCUT2D eigenvalue weighted by molar-refractivity contribution is 7.88. The van der Waals surface area contributed by atoms with E-state index in [1.165, 1.54) is 24.5 Å². The van der Waals surface area contributed by atoms with Crippen LogP contribution in [0, 0.1) is 5.82 Å². The predicted octanol–water partition coefficient (Wildman–Crippen LogP) is 2.32. The first-order valence-electron chi connectivity index (χ1n) is 7.28. The molecule has 2 heterocycles. The highest BCUT2D eigenvalue weighted by Crippen LogP contribution is 2.18. The van der Waals surface area contributed by atoms with Gasteiger partial charge in [0, 0.05) is 24.5 Å². The Bertz CT molecular complexity index is 843. The van der Waals surface area contributed by atoms with Crippen LogP contribution in [0.1, 0.15) is 17.4 Å². The van der Waals surface area contributed by atoms with Crippen LogP contribution < -0.4 is 4.72 Å². The van der Waals surface area contributed by atoms with Crippen LogP contribution in [0.4, 0.5) is 4.39 Å². The third-order valence-electron chi connectivity index (χ3n) is 3.52. The first-order chi connectivity index (χ1) is 11.6. The zero-order valence-electron chi connectivity index (χ0n) is 12.7. The van der Waals surface area contributed by atoms with E-state index < -0.39 is 27.6 Å². The lowest BCUT2D eigenvalue weighted by Gasteiger charge is -2.16. The van der Waals surface area contributed by atoms with Gasteiger partial charge in [0.2, 0.25) is 10.0 Å². The molecule has 0 aliphatic heterocycles. The van der Waals surface area contributed by atoms with Crippen LogP contribution in [0.3, 0.4) is 0 Å². The van der Waals surface area contributed by atoms with E-state index in [1.807, 2.05) is 0 Å². The van der Waals surface area contributed by atoms with Crippen molar-refractivity contribution in [1.82, 2.24) is 14.5 Å².